The summed E-state index contributed by atoms with van der Waals surface area (Å²) in [6.45, 7) is 5.12. The lowest BCUT2D eigenvalue weighted by Crippen LogP contribution is -2.07. The molecule has 0 radical (unpaired) electrons. The van der Waals surface area contributed by atoms with Gasteiger partial charge in [0.1, 0.15) is 11.5 Å². The Balaban J connectivity index is 2.00. The van der Waals surface area contributed by atoms with E-state index < -0.39 is 0 Å². The Morgan fingerprint density at radius 1 is 0.840 bits per heavy atom. The molecule has 0 amide bonds. The summed E-state index contributed by atoms with van der Waals surface area (Å²) < 4.78 is 6.20. The fourth-order valence-electron chi connectivity index (χ4n) is 3.34. The van der Waals surface area contributed by atoms with Gasteiger partial charge in [-0.3, -0.25) is 0 Å². The first-order valence-corrected chi connectivity index (χ1v) is 8.87. The normalized spacial score (nSPS) is 12.7. The minimum absolute atomic E-state index is 0.292. The number of hydrogen-bond acceptors (Lipinski definition) is 2. The summed E-state index contributed by atoms with van der Waals surface area (Å²) in [5, 5.41) is 16.7. The number of phenols is 1. The fourth-order valence-corrected chi connectivity index (χ4v) is 3.34. The summed E-state index contributed by atoms with van der Waals surface area (Å²) in [6, 6.07) is 20.3. The number of ether oxygens (including phenoxy) is 1. The zero-order chi connectivity index (χ0) is 17.4. The molecule has 0 aliphatic rings. The second-order valence-electron chi connectivity index (χ2n) is 6.81. The van der Waals surface area contributed by atoms with Crippen LogP contribution in [0.5, 0.6) is 11.5 Å². The molecule has 25 heavy (non-hydrogen) atoms. The van der Waals surface area contributed by atoms with Crippen molar-refractivity contribution in [2.75, 3.05) is 6.61 Å². The van der Waals surface area contributed by atoms with Crippen molar-refractivity contribution in [3.63, 3.8) is 0 Å². The van der Waals surface area contributed by atoms with Crippen LogP contribution in [0.25, 0.3) is 32.3 Å². The third-order valence-corrected chi connectivity index (χ3v) is 5.02. The maximum atomic E-state index is 9.78. The van der Waals surface area contributed by atoms with E-state index in [0.29, 0.717) is 11.7 Å². The molecule has 0 spiro atoms. The van der Waals surface area contributed by atoms with Gasteiger partial charge < -0.3 is 9.84 Å². The molecule has 2 heteroatoms. The maximum Gasteiger partial charge on any atom is 0.127 e. The Labute approximate surface area is 147 Å². The second-order valence-corrected chi connectivity index (χ2v) is 6.81. The number of hydrogen-bond donors (Lipinski definition) is 1. The van der Waals surface area contributed by atoms with Crippen LogP contribution in [0.1, 0.15) is 20.3 Å². The van der Waals surface area contributed by atoms with Gasteiger partial charge in [0.05, 0.1) is 6.61 Å². The van der Waals surface area contributed by atoms with Crippen LogP contribution in [-0.4, -0.2) is 11.7 Å². The largest absolute Gasteiger partial charge is 0.508 e. The van der Waals surface area contributed by atoms with Gasteiger partial charge in [-0.05, 0) is 51.0 Å². The van der Waals surface area contributed by atoms with Crippen LogP contribution in [0.15, 0.2) is 60.7 Å². The maximum absolute atomic E-state index is 9.78. The van der Waals surface area contributed by atoms with Gasteiger partial charge in [-0.15, -0.1) is 0 Å². The van der Waals surface area contributed by atoms with E-state index in [1.807, 2.05) is 12.1 Å². The van der Waals surface area contributed by atoms with Crippen LogP contribution in [0, 0.1) is 5.92 Å². The standard InChI is InChI=1S/C23H22O2/c1-3-15(2)14-25-23-13-22-18-11-9-17(24)12-16(18)8-10-20(22)19-6-4-5-7-21(19)23/h4-13,15,24H,3,14H2,1-2H3/t15-/m0/s1. The summed E-state index contributed by atoms with van der Waals surface area (Å²) >= 11 is 0. The van der Waals surface area contributed by atoms with Crippen LogP contribution in [0.4, 0.5) is 0 Å². The molecule has 126 valence electrons. The Morgan fingerprint density at radius 2 is 1.56 bits per heavy atom. The van der Waals surface area contributed by atoms with Gasteiger partial charge in [0.2, 0.25) is 0 Å². The van der Waals surface area contributed by atoms with Gasteiger partial charge in [-0.1, -0.05) is 62.7 Å². The molecule has 4 rings (SSSR count). The number of rotatable bonds is 4. The Hall–Kier alpha value is -2.74. The van der Waals surface area contributed by atoms with E-state index in [1.54, 1.807) is 6.07 Å². The lowest BCUT2D eigenvalue weighted by molar-refractivity contribution is 0.259. The lowest BCUT2D eigenvalue weighted by atomic mass is 9.96. The molecule has 0 heterocycles. The van der Waals surface area contributed by atoms with Crippen LogP contribution < -0.4 is 4.74 Å². The zero-order valence-electron chi connectivity index (χ0n) is 14.6. The summed E-state index contributed by atoms with van der Waals surface area (Å²) in [5.74, 6) is 1.75. The number of aromatic hydroxyl groups is 1. The van der Waals surface area contributed by atoms with Crippen molar-refractivity contribution in [2.45, 2.75) is 20.3 Å². The minimum Gasteiger partial charge on any atom is -0.508 e. The Bertz CT molecular complexity index is 1070. The topological polar surface area (TPSA) is 29.5 Å². The summed E-state index contributed by atoms with van der Waals surface area (Å²) in [5.41, 5.74) is 0. The first-order valence-electron chi connectivity index (χ1n) is 8.87. The predicted octanol–water partition coefficient (Wildman–Crippen LogP) is 6.28. The number of fused-ring (bicyclic) bond motifs is 5. The van der Waals surface area contributed by atoms with Crippen LogP contribution >= 0.6 is 0 Å². The van der Waals surface area contributed by atoms with Crippen molar-refractivity contribution >= 4 is 32.3 Å². The van der Waals surface area contributed by atoms with Crippen molar-refractivity contribution in [1.82, 2.24) is 0 Å². The van der Waals surface area contributed by atoms with Crippen LogP contribution in [0.2, 0.25) is 0 Å². The molecule has 0 aromatic heterocycles. The highest BCUT2D eigenvalue weighted by Gasteiger charge is 2.11. The molecule has 0 bridgehead atoms. The minimum atomic E-state index is 0.292. The van der Waals surface area contributed by atoms with Gasteiger partial charge in [0, 0.05) is 5.39 Å². The van der Waals surface area contributed by atoms with Crippen molar-refractivity contribution in [2.24, 2.45) is 5.92 Å². The van der Waals surface area contributed by atoms with Crippen LogP contribution in [0.3, 0.4) is 0 Å². The van der Waals surface area contributed by atoms with E-state index in [0.717, 1.165) is 40.3 Å². The molecule has 0 saturated carbocycles. The first kappa shape index (κ1) is 15.8. The van der Waals surface area contributed by atoms with E-state index in [2.05, 4.69) is 56.3 Å². The third kappa shape index (κ3) is 2.78. The quantitative estimate of drug-likeness (QED) is 0.446. The average Bonchev–Trinajstić information content (AvgIpc) is 2.65. The molecular weight excluding hydrogens is 308 g/mol. The smallest absolute Gasteiger partial charge is 0.127 e. The molecule has 4 aromatic carbocycles. The van der Waals surface area contributed by atoms with E-state index in [9.17, 15) is 5.11 Å². The summed E-state index contributed by atoms with van der Waals surface area (Å²) in [4.78, 5) is 0. The van der Waals surface area contributed by atoms with Gasteiger partial charge in [-0.2, -0.15) is 0 Å². The van der Waals surface area contributed by atoms with Gasteiger partial charge in [-0.25, -0.2) is 0 Å². The highest BCUT2D eigenvalue weighted by molar-refractivity contribution is 6.19. The summed E-state index contributed by atoms with van der Waals surface area (Å²) in [6.07, 6.45) is 1.10. The van der Waals surface area contributed by atoms with Gasteiger partial charge in [0.25, 0.3) is 0 Å². The highest BCUT2D eigenvalue weighted by Crippen LogP contribution is 2.37. The lowest BCUT2D eigenvalue weighted by Gasteiger charge is -2.16. The number of benzene rings is 4. The molecule has 0 unspecified atom stereocenters. The van der Waals surface area contributed by atoms with Gasteiger partial charge >= 0.3 is 0 Å². The van der Waals surface area contributed by atoms with E-state index in [4.69, 9.17) is 4.74 Å². The average molecular weight is 330 g/mol. The molecule has 0 saturated heterocycles. The Morgan fingerprint density at radius 3 is 2.36 bits per heavy atom. The molecule has 1 atom stereocenters. The molecule has 4 aromatic rings. The van der Waals surface area contributed by atoms with Gasteiger partial charge in [0.15, 0.2) is 0 Å². The predicted molar refractivity (Wildman–Crippen MR) is 106 cm³/mol. The SMILES string of the molecule is CC[C@H](C)COc1cc2c3ccc(O)cc3ccc2c2ccccc12. The second kappa shape index (κ2) is 6.29. The molecule has 0 fully saturated rings. The highest BCUT2D eigenvalue weighted by atomic mass is 16.5. The van der Waals surface area contributed by atoms with Crippen LogP contribution in [-0.2, 0) is 0 Å². The third-order valence-electron chi connectivity index (χ3n) is 5.02. The van der Waals surface area contributed by atoms with E-state index in [1.165, 1.54) is 10.8 Å². The molecule has 1 N–H and O–H groups in total. The van der Waals surface area contributed by atoms with Crippen molar-refractivity contribution in [3.05, 3.63) is 60.7 Å². The molecule has 0 aliphatic heterocycles. The molecule has 0 aliphatic carbocycles. The van der Waals surface area contributed by atoms with E-state index in [-0.39, 0.29) is 0 Å². The fraction of sp³-hybridized carbons (Fsp3) is 0.217. The zero-order valence-corrected chi connectivity index (χ0v) is 14.6. The Kier molecular flexibility index (Phi) is 3.96. The monoisotopic (exact) mass is 330 g/mol. The van der Waals surface area contributed by atoms with Crippen molar-refractivity contribution in [3.8, 4) is 11.5 Å². The molecular formula is C23H22O2. The van der Waals surface area contributed by atoms with E-state index >= 15 is 0 Å². The molecule has 2 nitrogen and oxygen atoms in total. The summed E-state index contributed by atoms with van der Waals surface area (Å²) in [7, 11) is 0. The number of phenolic OH excluding ortho intramolecular Hbond substituents is 1. The van der Waals surface area contributed by atoms with Crippen molar-refractivity contribution in [1.29, 1.82) is 0 Å². The van der Waals surface area contributed by atoms with Crippen molar-refractivity contribution < 1.29 is 9.84 Å². The first-order chi connectivity index (χ1) is 12.2.